The quantitative estimate of drug-likeness (QED) is 0.461. The van der Waals surface area contributed by atoms with Crippen molar-refractivity contribution >= 4 is 11.9 Å². The van der Waals surface area contributed by atoms with Gasteiger partial charge in [-0.05, 0) is 6.92 Å². The highest BCUT2D eigenvalue weighted by molar-refractivity contribution is 5.81. The predicted octanol–water partition coefficient (Wildman–Crippen LogP) is 0.921. The van der Waals surface area contributed by atoms with Crippen LogP contribution >= 0.6 is 0 Å². The van der Waals surface area contributed by atoms with Crippen LogP contribution < -0.4 is 10.6 Å². The third-order valence-electron chi connectivity index (χ3n) is 4.14. The normalized spacial score (nSPS) is 18.7. The molecular weight excluding hydrogens is 332 g/mol. The molecule has 0 radical (unpaired) electrons. The minimum atomic E-state index is -0.380. The Kier molecular flexibility index (Phi) is 7.02. The van der Waals surface area contributed by atoms with Gasteiger partial charge in [0.1, 0.15) is 6.10 Å². The number of guanidine groups is 1. The molecule has 0 saturated carbocycles. The number of aryl methyl sites for hydroxylation is 1. The molecule has 1 aliphatic rings. The molecule has 2 rings (SSSR count). The van der Waals surface area contributed by atoms with Crippen LogP contribution in [0.25, 0.3) is 0 Å². The van der Waals surface area contributed by atoms with E-state index in [2.05, 4.69) is 32.5 Å². The minimum Gasteiger partial charge on any atom is -0.370 e. The molecule has 1 aromatic heterocycles. The third kappa shape index (κ3) is 5.72. The zero-order valence-corrected chi connectivity index (χ0v) is 16.6. The number of ether oxygens (including phenoxy) is 1. The van der Waals surface area contributed by atoms with Crippen LogP contribution in [0.3, 0.4) is 0 Å². The fourth-order valence-corrected chi connectivity index (χ4v) is 2.67. The van der Waals surface area contributed by atoms with Crippen molar-refractivity contribution in [3.63, 3.8) is 0 Å². The summed E-state index contributed by atoms with van der Waals surface area (Å²) in [5, 5.41) is 10.5. The number of morpholine rings is 1. The maximum Gasteiger partial charge on any atom is 0.225 e. The lowest BCUT2D eigenvalue weighted by molar-refractivity contribution is -0.128. The summed E-state index contributed by atoms with van der Waals surface area (Å²) in [5.41, 5.74) is 0.695. The van der Waals surface area contributed by atoms with Crippen LogP contribution in [-0.2, 0) is 16.6 Å². The van der Waals surface area contributed by atoms with E-state index in [1.54, 1.807) is 4.68 Å². The van der Waals surface area contributed by atoms with E-state index in [4.69, 9.17) is 4.74 Å². The molecule has 0 spiro atoms. The molecule has 1 amide bonds. The van der Waals surface area contributed by atoms with Crippen molar-refractivity contribution in [2.24, 2.45) is 17.5 Å². The molecule has 8 heteroatoms. The summed E-state index contributed by atoms with van der Waals surface area (Å²) in [5.74, 6) is 0.899. The SMILES string of the molecule is CCNC(=NCCNC(=O)C(C)(C)C)N1CCOC(c2cnn(C)c2)C1. The lowest BCUT2D eigenvalue weighted by Crippen LogP contribution is -2.48. The molecule has 1 unspecified atom stereocenters. The van der Waals surface area contributed by atoms with Gasteiger partial charge in [-0.2, -0.15) is 5.10 Å². The Morgan fingerprint density at radius 1 is 1.42 bits per heavy atom. The standard InChI is InChI=1S/C18H32N6O2/c1-6-19-17(21-8-7-20-16(25)18(2,3)4)24-9-10-26-15(13-24)14-11-22-23(5)12-14/h11-12,15H,6-10,13H2,1-5H3,(H,19,21)(H,20,25). The molecule has 1 aliphatic heterocycles. The number of aromatic nitrogens is 2. The summed E-state index contributed by atoms with van der Waals surface area (Å²) in [4.78, 5) is 18.8. The number of hydrogen-bond donors (Lipinski definition) is 2. The second kappa shape index (κ2) is 9.02. The average molecular weight is 364 g/mol. The van der Waals surface area contributed by atoms with Crippen molar-refractivity contribution in [2.45, 2.75) is 33.8 Å². The Hall–Kier alpha value is -2.09. The Balaban J connectivity index is 1.93. The van der Waals surface area contributed by atoms with Crippen LogP contribution in [-0.4, -0.2) is 65.9 Å². The van der Waals surface area contributed by atoms with E-state index < -0.39 is 0 Å². The predicted molar refractivity (Wildman–Crippen MR) is 102 cm³/mol. The van der Waals surface area contributed by atoms with Crippen LogP contribution in [0.2, 0.25) is 0 Å². The third-order valence-corrected chi connectivity index (χ3v) is 4.14. The van der Waals surface area contributed by atoms with Crippen LogP contribution in [0.15, 0.2) is 17.4 Å². The highest BCUT2D eigenvalue weighted by atomic mass is 16.5. The monoisotopic (exact) mass is 364 g/mol. The largest absolute Gasteiger partial charge is 0.370 e. The maximum absolute atomic E-state index is 11.9. The molecule has 1 fully saturated rings. The smallest absolute Gasteiger partial charge is 0.225 e. The van der Waals surface area contributed by atoms with E-state index in [0.29, 0.717) is 19.7 Å². The molecule has 0 aliphatic carbocycles. The molecule has 8 nitrogen and oxygen atoms in total. The Bertz CT molecular complexity index is 619. The number of nitrogens with one attached hydrogen (secondary N) is 2. The summed E-state index contributed by atoms with van der Waals surface area (Å²) in [7, 11) is 1.90. The topological polar surface area (TPSA) is 83.8 Å². The Morgan fingerprint density at radius 3 is 2.81 bits per heavy atom. The second-order valence-corrected chi connectivity index (χ2v) is 7.49. The first-order chi connectivity index (χ1) is 12.3. The summed E-state index contributed by atoms with van der Waals surface area (Å²) >= 11 is 0. The van der Waals surface area contributed by atoms with Crippen molar-refractivity contribution < 1.29 is 9.53 Å². The number of rotatable bonds is 5. The van der Waals surface area contributed by atoms with Crippen LogP contribution in [0.4, 0.5) is 0 Å². The van der Waals surface area contributed by atoms with Crippen molar-refractivity contribution in [3.05, 3.63) is 18.0 Å². The fraction of sp³-hybridized carbons (Fsp3) is 0.722. The molecule has 1 aromatic rings. The van der Waals surface area contributed by atoms with Gasteiger partial charge in [0.15, 0.2) is 5.96 Å². The number of carbonyl (C=O) groups excluding carboxylic acids is 1. The zero-order chi connectivity index (χ0) is 19.2. The molecular formula is C18H32N6O2. The molecule has 0 bridgehead atoms. The molecule has 26 heavy (non-hydrogen) atoms. The van der Waals surface area contributed by atoms with Crippen molar-refractivity contribution in [3.8, 4) is 0 Å². The Morgan fingerprint density at radius 2 is 2.19 bits per heavy atom. The van der Waals surface area contributed by atoms with Gasteiger partial charge in [-0.25, -0.2) is 0 Å². The molecule has 1 atom stereocenters. The van der Waals surface area contributed by atoms with E-state index in [-0.39, 0.29) is 17.4 Å². The number of aliphatic imine (C=N–C) groups is 1. The Labute approximate surface area is 156 Å². The molecule has 146 valence electrons. The van der Waals surface area contributed by atoms with Gasteiger partial charge in [0.05, 0.1) is 25.9 Å². The number of carbonyl (C=O) groups is 1. The van der Waals surface area contributed by atoms with Gasteiger partial charge < -0.3 is 20.3 Å². The number of hydrogen-bond acceptors (Lipinski definition) is 4. The molecule has 2 N–H and O–H groups in total. The minimum absolute atomic E-state index is 0.0121. The van der Waals surface area contributed by atoms with E-state index in [1.165, 1.54) is 0 Å². The maximum atomic E-state index is 11.9. The van der Waals surface area contributed by atoms with Crippen molar-refractivity contribution in [2.75, 3.05) is 39.3 Å². The van der Waals surface area contributed by atoms with Crippen LogP contribution in [0.5, 0.6) is 0 Å². The first kappa shape index (κ1) is 20.2. The van der Waals surface area contributed by atoms with Crippen LogP contribution in [0, 0.1) is 5.41 Å². The first-order valence-electron chi connectivity index (χ1n) is 9.23. The summed E-state index contributed by atoms with van der Waals surface area (Å²) < 4.78 is 7.68. The molecule has 1 saturated heterocycles. The zero-order valence-electron chi connectivity index (χ0n) is 16.6. The van der Waals surface area contributed by atoms with Crippen molar-refractivity contribution in [1.82, 2.24) is 25.3 Å². The molecule has 2 heterocycles. The highest BCUT2D eigenvalue weighted by Gasteiger charge is 2.25. The summed E-state index contributed by atoms with van der Waals surface area (Å²) in [6.07, 6.45) is 3.82. The molecule has 0 aromatic carbocycles. The number of nitrogens with zero attached hydrogens (tertiary/aromatic N) is 4. The van der Waals surface area contributed by atoms with Gasteiger partial charge in [0.2, 0.25) is 5.91 Å². The fourth-order valence-electron chi connectivity index (χ4n) is 2.67. The van der Waals surface area contributed by atoms with Gasteiger partial charge in [0.25, 0.3) is 0 Å². The second-order valence-electron chi connectivity index (χ2n) is 7.49. The van der Waals surface area contributed by atoms with Crippen LogP contribution in [0.1, 0.15) is 39.4 Å². The van der Waals surface area contributed by atoms with Gasteiger partial charge >= 0.3 is 0 Å². The van der Waals surface area contributed by atoms with E-state index in [1.807, 2.05) is 40.2 Å². The van der Waals surface area contributed by atoms with E-state index in [0.717, 1.165) is 31.2 Å². The van der Waals surface area contributed by atoms with Gasteiger partial charge in [-0.3, -0.25) is 14.5 Å². The van der Waals surface area contributed by atoms with Gasteiger partial charge in [-0.1, -0.05) is 20.8 Å². The van der Waals surface area contributed by atoms with Gasteiger partial charge in [0, 0.05) is 43.9 Å². The van der Waals surface area contributed by atoms with E-state index >= 15 is 0 Å². The lowest BCUT2D eigenvalue weighted by atomic mass is 9.96. The lowest BCUT2D eigenvalue weighted by Gasteiger charge is -2.34. The highest BCUT2D eigenvalue weighted by Crippen LogP contribution is 2.21. The van der Waals surface area contributed by atoms with E-state index in [9.17, 15) is 4.79 Å². The summed E-state index contributed by atoms with van der Waals surface area (Å²) in [6.45, 7) is 11.8. The summed E-state index contributed by atoms with van der Waals surface area (Å²) in [6, 6.07) is 0. The average Bonchev–Trinajstić information content (AvgIpc) is 3.03. The van der Waals surface area contributed by atoms with Crippen molar-refractivity contribution in [1.29, 1.82) is 0 Å². The van der Waals surface area contributed by atoms with Gasteiger partial charge in [-0.15, -0.1) is 0 Å². The number of amides is 1. The first-order valence-corrected chi connectivity index (χ1v) is 9.23.